The molecule has 23 heavy (non-hydrogen) atoms. The van der Waals surface area contributed by atoms with E-state index in [0.29, 0.717) is 23.2 Å². The number of fused-ring (bicyclic) bond motifs is 1. The van der Waals surface area contributed by atoms with Crippen LogP contribution >= 0.6 is 23.2 Å². The summed E-state index contributed by atoms with van der Waals surface area (Å²) in [6.07, 6.45) is 7.45. The van der Waals surface area contributed by atoms with Crippen molar-refractivity contribution in [2.24, 2.45) is 0 Å². The van der Waals surface area contributed by atoms with Gasteiger partial charge in [0.25, 0.3) is 0 Å². The van der Waals surface area contributed by atoms with Gasteiger partial charge in [0.1, 0.15) is 5.76 Å². The predicted molar refractivity (Wildman–Crippen MR) is 92.3 cm³/mol. The average Bonchev–Trinajstić information content (AvgIpc) is 2.52. The van der Waals surface area contributed by atoms with Crippen LogP contribution in [0.5, 0.6) is 0 Å². The van der Waals surface area contributed by atoms with E-state index in [0.717, 1.165) is 17.8 Å². The quantitative estimate of drug-likeness (QED) is 0.890. The van der Waals surface area contributed by atoms with Gasteiger partial charge in [0, 0.05) is 32.6 Å². The van der Waals surface area contributed by atoms with E-state index in [4.69, 9.17) is 27.9 Å². The van der Waals surface area contributed by atoms with Crippen molar-refractivity contribution < 1.29 is 9.84 Å². The molecule has 1 aromatic rings. The lowest BCUT2D eigenvalue weighted by Gasteiger charge is -2.41. The molecule has 0 spiro atoms. The summed E-state index contributed by atoms with van der Waals surface area (Å²) in [4.78, 5) is 4.20. The summed E-state index contributed by atoms with van der Waals surface area (Å²) >= 11 is 12.1. The molecular formula is C17H18Cl2N2O2. The Hall–Kier alpha value is -1.62. The van der Waals surface area contributed by atoms with Crippen molar-refractivity contribution in [3.63, 3.8) is 0 Å². The second-order valence-electron chi connectivity index (χ2n) is 5.60. The van der Waals surface area contributed by atoms with Crippen LogP contribution in [-0.2, 0) is 11.3 Å². The Balaban J connectivity index is 1.84. The van der Waals surface area contributed by atoms with Crippen LogP contribution in [-0.4, -0.2) is 41.2 Å². The van der Waals surface area contributed by atoms with Gasteiger partial charge in [0.2, 0.25) is 0 Å². The second-order valence-corrected chi connectivity index (χ2v) is 6.42. The largest absolute Gasteiger partial charge is 0.506 e. The molecule has 1 N–H and O–H groups in total. The highest BCUT2D eigenvalue weighted by atomic mass is 35.5. The van der Waals surface area contributed by atoms with Gasteiger partial charge in [0.15, 0.2) is 0 Å². The van der Waals surface area contributed by atoms with Crippen LogP contribution in [0.1, 0.15) is 5.56 Å². The lowest BCUT2D eigenvalue weighted by molar-refractivity contribution is 0.0956. The molecule has 0 saturated carbocycles. The molecule has 2 aliphatic heterocycles. The van der Waals surface area contributed by atoms with Crippen molar-refractivity contribution in [2.45, 2.75) is 12.6 Å². The number of allylic oxidation sites excluding steroid dienone is 2. The van der Waals surface area contributed by atoms with Gasteiger partial charge in [-0.15, -0.1) is 0 Å². The minimum atomic E-state index is 0.134. The van der Waals surface area contributed by atoms with Gasteiger partial charge in [-0.25, -0.2) is 0 Å². The van der Waals surface area contributed by atoms with Gasteiger partial charge >= 0.3 is 0 Å². The number of aliphatic hydroxyl groups is 1. The van der Waals surface area contributed by atoms with Gasteiger partial charge in [-0.1, -0.05) is 29.3 Å². The highest BCUT2D eigenvalue weighted by molar-refractivity contribution is 6.42. The third-order valence-electron chi connectivity index (χ3n) is 3.91. The van der Waals surface area contributed by atoms with E-state index >= 15 is 0 Å². The topological polar surface area (TPSA) is 35.9 Å². The van der Waals surface area contributed by atoms with Crippen molar-refractivity contribution in [3.8, 4) is 0 Å². The molecule has 0 amide bonds. The first-order chi connectivity index (χ1) is 11.1. The Labute approximate surface area is 145 Å². The fraction of sp³-hybridized carbons (Fsp3) is 0.294. The van der Waals surface area contributed by atoms with E-state index in [1.165, 1.54) is 0 Å². The molecule has 1 aromatic carbocycles. The number of nitrogens with zero attached hydrogens (tertiary/aromatic N) is 2. The summed E-state index contributed by atoms with van der Waals surface area (Å²) in [5.74, 6) is 0.257. The molecule has 0 aromatic heterocycles. The van der Waals surface area contributed by atoms with Gasteiger partial charge in [-0.2, -0.15) is 0 Å². The Morgan fingerprint density at radius 3 is 2.87 bits per heavy atom. The number of halogens is 2. The zero-order valence-corrected chi connectivity index (χ0v) is 14.3. The molecule has 4 nitrogen and oxygen atoms in total. The van der Waals surface area contributed by atoms with E-state index in [1.54, 1.807) is 19.3 Å². The number of hydrogen-bond donors (Lipinski definition) is 1. The molecule has 6 heteroatoms. The normalized spacial score (nSPS) is 20.2. The lowest BCUT2D eigenvalue weighted by Crippen LogP contribution is -2.47. The molecule has 122 valence electrons. The number of rotatable bonds is 4. The van der Waals surface area contributed by atoms with Gasteiger partial charge in [0.05, 0.1) is 28.4 Å². The molecule has 0 radical (unpaired) electrons. The zero-order valence-electron chi connectivity index (χ0n) is 12.7. The molecule has 2 heterocycles. The Bertz CT molecular complexity index is 685. The molecule has 0 bridgehead atoms. The molecule has 0 fully saturated rings. The summed E-state index contributed by atoms with van der Waals surface area (Å²) in [5.41, 5.74) is 1.84. The number of methoxy groups -OCH3 is 1. The summed E-state index contributed by atoms with van der Waals surface area (Å²) < 4.78 is 5.33. The van der Waals surface area contributed by atoms with Gasteiger partial charge in [-0.3, -0.25) is 0 Å². The summed E-state index contributed by atoms with van der Waals surface area (Å²) in [6.45, 7) is 2.05. The lowest BCUT2D eigenvalue weighted by atomic mass is 10.1. The van der Waals surface area contributed by atoms with E-state index in [-0.39, 0.29) is 11.8 Å². The highest BCUT2D eigenvalue weighted by Crippen LogP contribution is 2.28. The maximum Gasteiger partial charge on any atom is 0.140 e. The molecule has 2 aliphatic rings. The fourth-order valence-corrected chi connectivity index (χ4v) is 3.19. The van der Waals surface area contributed by atoms with Crippen LogP contribution in [0.25, 0.3) is 0 Å². The van der Waals surface area contributed by atoms with Crippen LogP contribution in [0.3, 0.4) is 0 Å². The van der Waals surface area contributed by atoms with E-state index in [2.05, 4.69) is 4.90 Å². The smallest absolute Gasteiger partial charge is 0.140 e. The number of hydrogen-bond acceptors (Lipinski definition) is 4. The van der Waals surface area contributed by atoms with Crippen LogP contribution in [0.15, 0.2) is 54.2 Å². The SMILES string of the molecule is COCC1CN(Cc2ccc(Cl)c(Cl)c2)C=C2C(O)=CC=CN21. The van der Waals surface area contributed by atoms with E-state index in [9.17, 15) is 5.11 Å². The molecule has 0 saturated heterocycles. The summed E-state index contributed by atoms with van der Waals surface area (Å²) in [5, 5.41) is 11.2. The third-order valence-corrected chi connectivity index (χ3v) is 4.65. The van der Waals surface area contributed by atoms with Crippen LogP contribution in [0.2, 0.25) is 10.0 Å². The minimum absolute atomic E-state index is 0.134. The van der Waals surface area contributed by atoms with E-state index < -0.39 is 0 Å². The maximum atomic E-state index is 10.1. The molecule has 1 atom stereocenters. The van der Waals surface area contributed by atoms with Crippen molar-refractivity contribution in [1.82, 2.24) is 9.80 Å². The van der Waals surface area contributed by atoms with Crippen LogP contribution in [0.4, 0.5) is 0 Å². The van der Waals surface area contributed by atoms with Crippen molar-refractivity contribution in [1.29, 1.82) is 0 Å². The monoisotopic (exact) mass is 352 g/mol. The van der Waals surface area contributed by atoms with E-state index in [1.807, 2.05) is 35.5 Å². The molecule has 0 aliphatic carbocycles. The highest BCUT2D eigenvalue weighted by Gasteiger charge is 2.29. The van der Waals surface area contributed by atoms with Crippen molar-refractivity contribution in [2.75, 3.05) is 20.3 Å². The fourth-order valence-electron chi connectivity index (χ4n) is 2.87. The van der Waals surface area contributed by atoms with Crippen molar-refractivity contribution in [3.05, 3.63) is 69.8 Å². The Morgan fingerprint density at radius 2 is 2.13 bits per heavy atom. The average molecular weight is 353 g/mol. The number of benzene rings is 1. The van der Waals surface area contributed by atoms with Crippen molar-refractivity contribution >= 4 is 23.2 Å². The first kappa shape index (κ1) is 16.2. The summed E-state index contributed by atoms with van der Waals surface area (Å²) in [6, 6.07) is 5.77. The van der Waals surface area contributed by atoms with Crippen LogP contribution in [0, 0.1) is 0 Å². The predicted octanol–water partition coefficient (Wildman–Crippen LogP) is 3.94. The first-order valence-corrected chi connectivity index (χ1v) is 8.09. The van der Waals surface area contributed by atoms with Crippen LogP contribution < -0.4 is 0 Å². The number of aliphatic hydroxyl groups excluding tert-OH is 1. The molecule has 3 rings (SSSR count). The second kappa shape index (κ2) is 6.87. The molecular weight excluding hydrogens is 335 g/mol. The summed E-state index contributed by atoms with van der Waals surface area (Å²) in [7, 11) is 1.69. The molecule has 1 unspecified atom stereocenters. The minimum Gasteiger partial charge on any atom is -0.506 e. The Kier molecular flexibility index (Phi) is 4.85. The van der Waals surface area contributed by atoms with Gasteiger partial charge in [-0.05, 0) is 29.8 Å². The van der Waals surface area contributed by atoms with Gasteiger partial charge < -0.3 is 19.6 Å². The zero-order chi connectivity index (χ0) is 16.4. The third kappa shape index (κ3) is 3.50. The Morgan fingerprint density at radius 1 is 1.30 bits per heavy atom. The maximum absolute atomic E-state index is 10.1. The first-order valence-electron chi connectivity index (χ1n) is 7.33. The standard InChI is InChI=1S/C17H18Cl2N2O2/c1-23-11-13-9-20(8-12-4-5-14(18)15(19)7-12)10-16-17(22)3-2-6-21(13)16/h2-7,10,13,22H,8-9,11H2,1H3. The number of ether oxygens (including phenoxy) is 1.